The van der Waals surface area contributed by atoms with E-state index in [-0.39, 0.29) is 0 Å². The zero-order valence-electron chi connectivity index (χ0n) is 30.6. The molecule has 2 heterocycles. The van der Waals surface area contributed by atoms with Gasteiger partial charge in [0.1, 0.15) is 33.5 Å². The Labute approximate surface area is 283 Å². The molecule has 0 aromatic carbocycles. The highest BCUT2D eigenvalue weighted by Gasteiger charge is 2.46. The van der Waals surface area contributed by atoms with Gasteiger partial charge in [-0.2, -0.15) is 0 Å². The Morgan fingerprint density at radius 1 is 0.479 bits per heavy atom. The number of aliphatic carboxylic acids is 2. The second kappa shape index (κ2) is 17.7. The van der Waals surface area contributed by atoms with Crippen LogP contribution >= 0.6 is 0 Å². The zero-order chi connectivity index (χ0) is 37.8. The van der Waals surface area contributed by atoms with Gasteiger partial charge >= 0.3 is 36.1 Å². The van der Waals surface area contributed by atoms with Crippen LogP contribution in [0.15, 0.2) is 0 Å². The van der Waals surface area contributed by atoms with E-state index in [0.29, 0.717) is 51.9 Å². The number of esters is 2. The van der Waals surface area contributed by atoms with Gasteiger partial charge < -0.3 is 50.4 Å². The van der Waals surface area contributed by atoms with Gasteiger partial charge in [-0.15, -0.1) is 0 Å². The number of nitrogens with one attached hydrogen (secondary N) is 4. The molecule has 0 bridgehead atoms. The van der Waals surface area contributed by atoms with Crippen LogP contribution in [0.4, 0.5) is 9.59 Å². The van der Waals surface area contributed by atoms with Crippen molar-refractivity contribution in [2.24, 2.45) is 0 Å². The minimum atomic E-state index is -1.82. The van der Waals surface area contributed by atoms with Crippen LogP contribution in [-0.2, 0) is 38.1 Å². The molecule has 278 valence electrons. The molecule has 0 aromatic rings. The minimum Gasteiger partial charge on any atom is -0.473 e. The second-order valence-electron chi connectivity index (χ2n) is 15.5. The monoisotopic (exact) mass is 690 g/mol. The molecule has 0 aromatic heterocycles. The van der Waals surface area contributed by atoms with Crippen molar-refractivity contribution in [3.8, 4) is 0 Å². The Balaban J connectivity index is 0.000000787. The number of alkyl carbamates (subject to hydrolysis) is 2. The largest absolute Gasteiger partial charge is 0.473 e. The van der Waals surface area contributed by atoms with Gasteiger partial charge in [-0.1, -0.05) is 0 Å². The summed E-state index contributed by atoms with van der Waals surface area (Å²) in [6.07, 6.45) is 0.774. The molecule has 0 radical (unpaired) electrons. The maximum atomic E-state index is 12.5. The zero-order valence-corrected chi connectivity index (χ0v) is 30.6. The summed E-state index contributed by atoms with van der Waals surface area (Å²) >= 11 is 0. The first-order valence-corrected chi connectivity index (χ1v) is 15.9. The van der Waals surface area contributed by atoms with E-state index in [1.165, 1.54) is 0 Å². The van der Waals surface area contributed by atoms with E-state index in [9.17, 15) is 19.2 Å². The molecule has 0 aliphatic carbocycles. The summed E-state index contributed by atoms with van der Waals surface area (Å²) < 4.78 is 21.5. The van der Waals surface area contributed by atoms with Crippen molar-refractivity contribution in [3.63, 3.8) is 0 Å². The molecule has 16 heteroatoms. The molecule has 2 aliphatic rings. The van der Waals surface area contributed by atoms with E-state index >= 15 is 0 Å². The minimum absolute atomic E-state index is 0.401. The number of carbonyl (C=O) groups is 6. The number of ether oxygens (including phenoxy) is 4. The first-order chi connectivity index (χ1) is 21.5. The summed E-state index contributed by atoms with van der Waals surface area (Å²) in [5, 5.41) is 26.6. The maximum Gasteiger partial charge on any atom is 0.414 e. The smallest absolute Gasteiger partial charge is 0.414 e. The molecule has 0 unspecified atom stereocenters. The van der Waals surface area contributed by atoms with Crippen LogP contribution in [0.5, 0.6) is 0 Å². The Morgan fingerprint density at radius 2 is 0.708 bits per heavy atom. The number of carboxylic acids is 2. The fraction of sp³-hybridized carbons (Fsp3) is 0.812. The number of hydrogen-bond donors (Lipinski definition) is 6. The van der Waals surface area contributed by atoms with Crippen LogP contribution in [0.2, 0.25) is 0 Å². The van der Waals surface area contributed by atoms with Gasteiger partial charge in [-0.25, -0.2) is 28.8 Å². The highest BCUT2D eigenvalue weighted by Crippen LogP contribution is 2.25. The lowest BCUT2D eigenvalue weighted by molar-refractivity contribution is -0.165. The summed E-state index contributed by atoms with van der Waals surface area (Å²) in [5.74, 6) is -4.45. The molecular formula is C32H58N4O12. The van der Waals surface area contributed by atoms with E-state index in [1.807, 2.05) is 41.5 Å². The molecule has 0 saturated carbocycles. The van der Waals surface area contributed by atoms with E-state index in [0.717, 1.165) is 0 Å². The Hall–Kier alpha value is -3.66. The van der Waals surface area contributed by atoms with Gasteiger partial charge in [-0.3, -0.25) is 0 Å². The predicted molar refractivity (Wildman–Crippen MR) is 175 cm³/mol. The van der Waals surface area contributed by atoms with Crippen molar-refractivity contribution in [1.29, 1.82) is 0 Å². The fourth-order valence-electron chi connectivity index (χ4n) is 4.22. The van der Waals surface area contributed by atoms with Gasteiger partial charge in [0, 0.05) is 0 Å². The van der Waals surface area contributed by atoms with E-state index in [1.54, 1.807) is 41.5 Å². The first-order valence-electron chi connectivity index (χ1n) is 15.9. The lowest BCUT2D eigenvalue weighted by Crippen LogP contribution is -2.61. The molecule has 2 aliphatic heterocycles. The Bertz CT molecular complexity index is 1030. The first kappa shape index (κ1) is 44.3. The third-order valence-electron chi connectivity index (χ3n) is 6.16. The van der Waals surface area contributed by atoms with Gasteiger partial charge in [0.2, 0.25) is 0 Å². The molecule has 0 spiro atoms. The summed E-state index contributed by atoms with van der Waals surface area (Å²) in [4.78, 5) is 67.3. The third kappa shape index (κ3) is 18.6. The number of hydrogen-bond acceptors (Lipinski definition) is 12. The highest BCUT2D eigenvalue weighted by molar-refractivity contribution is 6.27. The topological polar surface area (TPSA) is 228 Å². The van der Waals surface area contributed by atoms with Gasteiger partial charge in [-0.05, 0) is 135 Å². The van der Waals surface area contributed by atoms with Crippen LogP contribution < -0.4 is 21.3 Å². The van der Waals surface area contributed by atoms with E-state index in [2.05, 4.69) is 21.3 Å². The van der Waals surface area contributed by atoms with Crippen molar-refractivity contribution in [3.05, 3.63) is 0 Å². The molecule has 2 saturated heterocycles. The van der Waals surface area contributed by atoms with Crippen molar-refractivity contribution < 1.29 is 57.9 Å². The van der Waals surface area contributed by atoms with Crippen LogP contribution in [0.25, 0.3) is 0 Å². The van der Waals surface area contributed by atoms with Crippen LogP contribution in [0.3, 0.4) is 0 Å². The van der Waals surface area contributed by atoms with Crippen molar-refractivity contribution in [2.75, 3.05) is 26.2 Å². The van der Waals surface area contributed by atoms with Crippen LogP contribution in [0, 0.1) is 0 Å². The summed E-state index contributed by atoms with van der Waals surface area (Å²) in [6.45, 7) is 24.2. The Morgan fingerprint density at radius 3 is 0.896 bits per heavy atom. The molecule has 6 N–H and O–H groups in total. The van der Waals surface area contributed by atoms with E-state index < -0.39 is 69.5 Å². The highest BCUT2D eigenvalue weighted by atomic mass is 16.6. The number of amides is 2. The number of carbonyl (C=O) groups excluding carboxylic acids is 4. The van der Waals surface area contributed by atoms with Gasteiger partial charge in [0.15, 0.2) is 0 Å². The molecular weight excluding hydrogens is 632 g/mol. The number of carboxylic acid groups (broad SMARTS) is 2. The quantitative estimate of drug-likeness (QED) is 0.142. The third-order valence-corrected chi connectivity index (χ3v) is 6.16. The van der Waals surface area contributed by atoms with Crippen LogP contribution in [-0.4, -0.2) is 106 Å². The molecule has 2 amide bonds. The van der Waals surface area contributed by atoms with Crippen molar-refractivity contribution in [2.45, 2.75) is 142 Å². The molecule has 16 nitrogen and oxygen atoms in total. The number of rotatable bonds is 4. The SMILES string of the molecule is CC(C)(C)OC(=O)NC1(C(=O)OC(C)(C)C)CCNCC1.CC(C)(C)OC(=O)NC1(C(=O)OC(C)(C)C)CCNCC1.O=C(O)C(=O)O. The summed E-state index contributed by atoms with van der Waals surface area (Å²) in [5.41, 5.74) is -4.42. The molecule has 48 heavy (non-hydrogen) atoms. The second-order valence-corrected chi connectivity index (χ2v) is 15.5. The Kier molecular flexibility index (Phi) is 16.3. The van der Waals surface area contributed by atoms with Crippen LogP contribution in [0.1, 0.15) is 109 Å². The molecule has 2 rings (SSSR count). The standard InChI is InChI=1S/2C15H28N2O4.C2H2O4/c2*1-13(2,3)20-11(18)15(7-9-16-10-8-15)17-12(19)21-14(4,5)6;3-1(4)2(5)6/h2*16H,7-10H2,1-6H3,(H,17,19);(H,3,4)(H,5,6). The summed E-state index contributed by atoms with van der Waals surface area (Å²) in [7, 11) is 0. The fourth-order valence-corrected chi connectivity index (χ4v) is 4.22. The molecule has 0 atom stereocenters. The molecule has 2 fully saturated rings. The van der Waals surface area contributed by atoms with Gasteiger partial charge in [0.25, 0.3) is 0 Å². The van der Waals surface area contributed by atoms with E-state index in [4.69, 9.17) is 38.7 Å². The number of piperidine rings is 2. The lowest BCUT2D eigenvalue weighted by Gasteiger charge is -2.38. The summed E-state index contributed by atoms with van der Waals surface area (Å²) in [6, 6.07) is 0. The van der Waals surface area contributed by atoms with Gasteiger partial charge in [0.05, 0.1) is 0 Å². The van der Waals surface area contributed by atoms with Crippen molar-refractivity contribution in [1.82, 2.24) is 21.3 Å². The normalized spacial score (nSPS) is 17.3. The average Bonchev–Trinajstić information content (AvgIpc) is 2.86. The van der Waals surface area contributed by atoms with Crippen molar-refractivity contribution >= 4 is 36.1 Å². The lowest BCUT2D eigenvalue weighted by atomic mass is 9.88. The predicted octanol–water partition coefficient (Wildman–Crippen LogP) is 3.11. The average molecular weight is 691 g/mol. The maximum absolute atomic E-state index is 12.5.